The molecule has 1 aromatic carbocycles. The summed E-state index contributed by atoms with van der Waals surface area (Å²) in [6.45, 7) is 5.73. The van der Waals surface area contributed by atoms with E-state index in [0.29, 0.717) is 0 Å². The van der Waals surface area contributed by atoms with Gasteiger partial charge >= 0.3 is 0 Å². The monoisotopic (exact) mass is 316 g/mol. The summed E-state index contributed by atoms with van der Waals surface area (Å²) in [7, 11) is 0. The minimum absolute atomic E-state index is 0.460. The molecule has 21 heavy (non-hydrogen) atoms. The summed E-state index contributed by atoms with van der Waals surface area (Å²) in [5, 5.41) is 12.4. The zero-order valence-electron chi connectivity index (χ0n) is 12.0. The second-order valence-electron chi connectivity index (χ2n) is 5.42. The molecule has 1 atom stereocenters. The van der Waals surface area contributed by atoms with Crippen molar-refractivity contribution in [3.05, 3.63) is 39.6 Å². The molecule has 0 fully saturated rings. The molecular formula is C16H16N2OS2. The van der Waals surface area contributed by atoms with Gasteiger partial charge in [0.2, 0.25) is 0 Å². The van der Waals surface area contributed by atoms with Gasteiger partial charge in [-0.1, -0.05) is 17.8 Å². The van der Waals surface area contributed by atoms with Crippen molar-refractivity contribution in [2.24, 2.45) is 4.99 Å². The zero-order chi connectivity index (χ0) is 14.6. The van der Waals surface area contributed by atoms with E-state index in [9.17, 15) is 5.11 Å². The van der Waals surface area contributed by atoms with Crippen LogP contribution >= 0.6 is 23.1 Å². The van der Waals surface area contributed by atoms with Gasteiger partial charge in [-0.15, -0.1) is 11.3 Å². The molecule has 0 saturated heterocycles. The lowest BCUT2D eigenvalue weighted by atomic mass is 10.1. The molecule has 0 bridgehead atoms. The average molecular weight is 316 g/mol. The first-order chi connectivity index (χ1) is 10.1. The lowest BCUT2D eigenvalue weighted by molar-refractivity contribution is 0.240. The minimum Gasteiger partial charge on any atom is -0.388 e. The van der Waals surface area contributed by atoms with Crippen LogP contribution in [0.1, 0.15) is 17.4 Å². The van der Waals surface area contributed by atoms with E-state index in [-0.39, 0.29) is 0 Å². The Kier molecular flexibility index (Phi) is 3.10. The van der Waals surface area contributed by atoms with E-state index in [2.05, 4.69) is 41.1 Å². The highest BCUT2D eigenvalue weighted by Crippen LogP contribution is 2.43. The third kappa shape index (κ3) is 2.11. The number of benzene rings is 1. The molecule has 3 nitrogen and oxygen atoms in total. The van der Waals surface area contributed by atoms with Crippen LogP contribution in [-0.2, 0) is 0 Å². The number of aryl methyl sites for hydroxylation is 1. The predicted molar refractivity (Wildman–Crippen MR) is 91.8 cm³/mol. The number of thioether (sulfide) groups is 1. The number of amidine groups is 1. The Morgan fingerprint density at radius 1 is 1.33 bits per heavy atom. The van der Waals surface area contributed by atoms with Crippen molar-refractivity contribution in [1.29, 1.82) is 0 Å². The molecule has 0 radical (unpaired) electrons. The second-order valence-corrected chi connectivity index (χ2v) is 7.71. The molecule has 1 aromatic heterocycles. The Bertz CT molecular complexity index is 789. The molecule has 1 N–H and O–H groups in total. The van der Waals surface area contributed by atoms with E-state index >= 15 is 0 Å². The summed E-state index contributed by atoms with van der Waals surface area (Å²) in [6, 6.07) is 8.81. The number of aliphatic hydroxyl groups excluding tert-OH is 1. The van der Waals surface area contributed by atoms with Gasteiger partial charge in [0.05, 0.1) is 18.3 Å². The van der Waals surface area contributed by atoms with Gasteiger partial charge in [0, 0.05) is 21.0 Å². The molecule has 3 heterocycles. The SMILES string of the molecule is Cc1cc2cc(C3=C(C(C)O)SC4=NCCN43)ccc2s1. The van der Waals surface area contributed by atoms with Gasteiger partial charge in [0.15, 0.2) is 5.17 Å². The van der Waals surface area contributed by atoms with Crippen molar-refractivity contribution in [3.63, 3.8) is 0 Å². The largest absolute Gasteiger partial charge is 0.388 e. The number of nitrogens with zero attached hydrogens (tertiary/aromatic N) is 2. The standard InChI is InChI=1S/C16H16N2OS2/c1-9-7-12-8-11(3-4-13(12)20-9)14-15(10(2)19)21-16-17-5-6-18(14)16/h3-4,7-8,10,19H,5-6H2,1-2H3. The normalized spacial score (nSPS) is 19.4. The van der Waals surface area contributed by atoms with Crippen LogP contribution in [-0.4, -0.2) is 34.4 Å². The number of hydrogen-bond acceptors (Lipinski definition) is 5. The summed E-state index contributed by atoms with van der Waals surface area (Å²) in [6.07, 6.45) is -0.460. The van der Waals surface area contributed by atoms with Crippen molar-refractivity contribution < 1.29 is 5.11 Å². The van der Waals surface area contributed by atoms with E-state index in [1.54, 1.807) is 11.8 Å². The fraction of sp³-hybridized carbons (Fsp3) is 0.312. The van der Waals surface area contributed by atoms with Crippen LogP contribution in [0.15, 0.2) is 34.2 Å². The van der Waals surface area contributed by atoms with E-state index in [1.807, 2.05) is 18.3 Å². The summed E-state index contributed by atoms with van der Waals surface area (Å²) in [4.78, 5) is 9.11. The lowest BCUT2D eigenvalue weighted by Crippen LogP contribution is -2.20. The number of rotatable bonds is 2. The minimum atomic E-state index is -0.460. The van der Waals surface area contributed by atoms with E-state index in [4.69, 9.17) is 0 Å². The summed E-state index contributed by atoms with van der Waals surface area (Å²) >= 11 is 3.43. The molecule has 5 heteroatoms. The quantitative estimate of drug-likeness (QED) is 0.918. The molecule has 4 rings (SSSR count). The van der Waals surface area contributed by atoms with Crippen molar-refractivity contribution >= 4 is 44.0 Å². The van der Waals surface area contributed by atoms with Gasteiger partial charge in [0.1, 0.15) is 0 Å². The van der Waals surface area contributed by atoms with Crippen LogP contribution in [0.2, 0.25) is 0 Å². The number of aliphatic imine (C=N–C) groups is 1. The van der Waals surface area contributed by atoms with Gasteiger partial charge in [0.25, 0.3) is 0 Å². The molecule has 108 valence electrons. The number of aliphatic hydroxyl groups is 1. The third-order valence-electron chi connectivity index (χ3n) is 3.80. The van der Waals surface area contributed by atoms with Gasteiger partial charge in [-0.2, -0.15) is 0 Å². The third-order valence-corrected chi connectivity index (χ3v) is 6.12. The average Bonchev–Trinajstić information content (AvgIpc) is 3.08. The maximum Gasteiger partial charge on any atom is 0.168 e. The van der Waals surface area contributed by atoms with Crippen molar-refractivity contribution in [2.75, 3.05) is 13.1 Å². The van der Waals surface area contributed by atoms with Crippen molar-refractivity contribution in [3.8, 4) is 0 Å². The molecule has 1 unspecified atom stereocenters. The van der Waals surface area contributed by atoms with Gasteiger partial charge in [-0.25, -0.2) is 0 Å². The molecule has 0 aliphatic carbocycles. The molecular weight excluding hydrogens is 300 g/mol. The first-order valence-corrected chi connectivity index (χ1v) is 8.69. The maximum absolute atomic E-state index is 10.1. The predicted octanol–water partition coefficient (Wildman–Crippen LogP) is 3.68. The molecule has 0 amide bonds. The second kappa shape index (κ2) is 4.87. The van der Waals surface area contributed by atoms with Crippen LogP contribution in [0, 0.1) is 6.92 Å². The van der Waals surface area contributed by atoms with E-state index in [1.165, 1.54) is 20.5 Å². The van der Waals surface area contributed by atoms with Crippen molar-refractivity contribution in [2.45, 2.75) is 20.0 Å². The fourth-order valence-electron chi connectivity index (χ4n) is 2.91. The highest BCUT2D eigenvalue weighted by Gasteiger charge is 2.34. The lowest BCUT2D eigenvalue weighted by Gasteiger charge is -2.18. The fourth-order valence-corrected chi connectivity index (χ4v) is 4.95. The Morgan fingerprint density at radius 2 is 2.19 bits per heavy atom. The number of thiophene rings is 1. The number of hydrogen-bond donors (Lipinski definition) is 1. The Balaban J connectivity index is 1.87. The summed E-state index contributed by atoms with van der Waals surface area (Å²) in [5.41, 5.74) is 2.31. The topological polar surface area (TPSA) is 35.8 Å². The highest BCUT2D eigenvalue weighted by molar-refractivity contribution is 8.17. The van der Waals surface area contributed by atoms with Crippen LogP contribution in [0.4, 0.5) is 0 Å². The Labute approximate surface area is 132 Å². The van der Waals surface area contributed by atoms with Crippen LogP contribution in [0.25, 0.3) is 15.8 Å². The van der Waals surface area contributed by atoms with Crippen LogP contribution < -0.4 is 0 Å². The number of fused-ring (bicyclic) bond motifs is 2. The molecule has 0 saturated carbocycles. The Morgan fingerprint density at radius 3 is 3.00 bits per heavy atom. The van der Waals surface area contributed by atoms with Gasteiger partial charge < -0.3 is 10.0 Å². The summed E-state index contributed by atoms with van der Waals surface area (Å²) in [5.74, 6) is 0. The highest BCUT2D eigenvalue weighted by atomic mass is 32.2. The molecule has 2 aromatic rings. The van der Waals surface area contributed by atoms with Crippen LogP contribution in [0.5, 0.6) is 0 Å². The zero-order valence-corrected chi connectivity index (χ0v) is 13.6. The first-order valence-electron chi connectivity index (χ1n) is 7.06. The molecule has 2 aliphatic rings. The molecule has 2 aliphatic heterocycles. The van der Waals surface area contributed by atoms with Gasteiger partial charge in [-0.3, -0.25) is 4.99 Å². The smallest absolute Gasteiger partial charge is 0.168 e. The Hall–Kier alpha value is -1.30. The van der Waals surface area contributed by atoms with E-state index < -0.39 is 6.10 Å². The summed E-state index contributed by atoms with van der Waals surface area (Å²) < 4.78 is 1.32. The van der Waals surface area contributed by atoms with Crippen molar-refractivity contribution in [1.82, 2.24) is 4.90 Å². The molecule has 0 spiro atoms. The maximum atomic E-state index is 10.1. The van der Waals surface area contributed by atoms with E-state index in [0.717, 1.165) is 28.9 Å². The van der Waals surface area contributed by atoms with Crippen LogP contribution in [0.3, 0.4) is 0 Å². The first kappa shape index (κ1) is 13.4. The van der Waals surface area contributed by atoms with Gasteiger partial charge in [-0.05, 0) is 43.0 Å².